The number of rotatable bonds is 7. The van der Waals surface area contributed by atoms with Crippen molar-refractivity contribution in [3.05, 3.63) is 40.5 Å². The molecule has 9 heteroatoms. The third-order valence-corrected chi connectivity index (χ3v) is 10.7. The van der Waals surface area contributed by atoms with Crippen molar-refractivity contribution in [2.24, 2.45) is 11.8 Å². The van der Waals surface area contributed by atoms with Crippen LogP contribution in [0.2, 0.25) is 0 Å². The molecule has 0 unspecified atom stereocenters. The standard InChI is InChI=1S/C26H34FNO5S2/c1-33-23-15-20(26(29)30)21(27)16-22(23)28-35(31,32)25-14-13-24(34-25)19-11-9-18(10-12-19)17-7-5-3-2-4-6-8-17/h13-19,28H,2-12H2,1H3,(H,29,30). The van der Waals surface area contributed by atoms with E-state index in [1.165, 1.54) is 76.2 Å². The lowest BCUT2D eigenvalue weighted by Crippen LogP contribution is -2.21. The summed E-state index contributed by atoms with van der Waals surface area (Å²) >= 11 is 1.26. The summed E-state index contributed by atoms with van der Waals surface area (Å²) in [5.74, 6) is -0.536. The van der Waals surface area contributed by atoms with Gasteiger partial charge in [-0.3, -0.25) is 4.72 Å². The van der Waals surface area contributed by atoms with E-state index in [0.717, 1.165) is 41.7 Å². The zero-order valence-corrected chi connectivity index (χ0v) is 21.7. The average molecular weight is 524 g/mol. The molecule has 6 nitrogen and oxygen atoms in total. The quantitative estimate of drug-likeness (QED) is 0.406. The predicted octanol–water partition coefficient (Wildman–Crippen LogP) is 7.03. The molecule has 2 saturated carbocycles. The smallest absolute Gasteiger partial charge is 0.338 e. The first-order chi connectivity index (χ1) is 16.8. The van der Waals surface area contributed by atoms with Gasteiger partial charge in [-0.2, -0.15) is 0 Å². The molecule has 192 valence electrons. The fourth-order valence-corrected chi connectivity index (χ4v) is 8.25. The molecule has 2 N–H and O–H groups in total. The Labute approximate surface area is 211 Å². The Morgan fingerprint density at radius 2 is 1.63 bits per heavy atom. The number of sulfonamides is 1. The van der Waals surface area contributed by atoms with Crippen LogP contribution in [0.4, 0.5) is 10.1 Å². The minimum absolute atomic E-state index is 0.0586. The lowest BCUT2D eigenvalue weighted by Gasteiger charge is -2.34. The number of anilines is 1. The largest absolute Gasteiger partial charge is 0.495 e. The summed E-state index contributed by atoms with van der Waals surface area (Å²) < 4.78 is 47.8. The van der Waals surface area contributed by atoms with Gasteiger partial charge in [0, 0.05) is 10.9 Å². The van der Waals surface area contributed by atoms with Gasteiger partial charge in [0.1, 0.15) is 15.8 Å². The van der Waals surface area contributed by atoms with Gasteiger partial charge in [0.05, 0.1) is 18.4 Å². The number of hydrogen-bond acceptors (Lipinski definition) is 5. The van der Waals surface area contributed by atoms with Crippen molar-refractivity contribution in [2.75, 3.05) is 11.8 Å². The minimum Gasteiger partial charge on any atom is -0.495 e. The summed E-state index contributed by atoms with van der Waals surface area (Å²) in [4.78, 5) is 12.2. The monoisotopic (exact) mass is 523 g/mol. The molecule has 2 aromatic rings. The summed E-state index contributed by atoms with van der Waals surface area (Å²) in [5, 5.41) is 9.10. The van der Waals surface area contributed by atoms with E-state index in [1.807, 2.05) is 6.07 Å². The number of aromatic carboxylic acids is 1. The number of thiophene rings is 1. The fourth-order valence-electron chi connectivity index (χ4n) is 5.69. The van der Waals surface area contributed by atoms with Crippen LogP contribution >= 0.6 is 11.3 Å². The lowest BCUT2D eigenvalue weighted by molar-refractivity contribution is 0.0691. The number of carboxylic acids is 1. The molecule has 1 aromatic carbocycles. The Bertz CT molecular complexity index is 1130. The van der Waals surface area contributed by atoms with Crippen molar-refractivity contribution in [1.29, 1.82) is 0 Å². The lowest BCUT2D eigenvalue weighted by atomic mass is 9.72. The summed E-state index contributed by atoms with van der Waals surface area (Å²) in [6.45, 7) is 0. The zero-order valence-electron chi connectivity index (χ0n) is 20.1. The SMILES string of the molecule is COc1cc(C(=O)O)c(F)cc1NS(=O)(=O)c1ccc(C2CCC(C3CCCCCCC3)CC2)s1. The molecule has 0 saturated heterocycles. The van der Waals surface area contributed by atoms with Crippen LogP contribution < -0.4 is 9.46 Å². The minimum atomic E-state index is -3.97. The molecule has 1 heterocycles. The van der Waals surface area contributed by atoms with Crippen molar-refractivity contribution in [2.45, 2.75) is 80.8 Å². The second kappa shape index (κ2) is 11.3. The molecule has 2 aliphatic rings. The van der Waals surface area contributed by atoms with Crippen LogP contribution in [0.5, 0.6) is 5.75 Å². The second-order valence-electron chi connectivity index (χ2n) is 9.82. The van der Waals surface area contributed by atoms with E-state index in [-0.39, 0.29) is 15.6 Å². The molecule has 0 spiro atoms. The number of hydrogen-bond donors (Lipinski definition) is 2. The van der Waals surface area contributed by atoms with E-state index < -0.39 is 27.4 Å². The Balaban J connectivity index is 1.42. The molecule has 0 amide bonds. The number of benzene rings is 1. The molecule has 0 radical (unpaired) electrons. The Kier molecular flexibility index (Phi) is 8.37. The molecule has 4 rings (SSSR count). The van der Waals surface area contributed by atoms with Crippen molar-refractivity contribution in [3.63, 3.8) is 0 Å². The van der Waals surface area contributed by atoms with Gasteiger partial charge in [-0.05, 0) is 61.6 Å². The molecule has 2 aliphatic carbocycles. The maximum atomic E-state index is 14.2. The van der Waals surface area contributed by atoms with Gasteiger partial charge in [0.2, 0.25) is 0 Å². The zero-order chi connectivity index (χ0) is 25.0. The Hall–Kier alpha value is -2.13. The van der Waals surface area contributed by atoms with Gasteiger partial charge >= 0.3 is 5.97 Å². The predicted molar refractivity (Wildman–Crippen MR) is 136 cm³/mol. The number of halogens is 1. The summed E-state index contributed by atoms with van der Waals surface area (Å²) in [6.07, 6.45) is 14.2. The molecular weight excluding hydrogens is 489 g/mol. The van der Waals surface area contributed by atoms with Crippen LogP contribution in [0.3, 0.4) is 0 Å². The van der Waals surface area contributed by atoms with Crippen LogP contribution in [0, 0.1) is 17.7 Å². The molecular formula is C26H34FNO5S2. The van der Waals surface area contributed by atoms with Crippen LogP contribution in [0.15, 0.2) is 28.5 Å². The number of carbonyl (C=O) groups is 1. The third kappa shape index (κ3) is 6.17. The van der Waals surface area contributed by atoms with Gasteiger partial charge < -0.3 is 9.84 Å². The highest BCUT2D eigenvalue weighted by molar-refractivity contribution is 7.94. The van der Waals surface area contributed by atoms with Crippen molar-refractivity contribution in [1.82, 2.24) is 0 Å². The Morgan fingerprint density at radius 3 is 2.26 bits per heavy atom. The van der Waals surface area contributed by atoms with Crippen molar-refractivity contribution in [3.8, 4) is 5.75 Å². The molecule has 0 atom stereocenters. The number of ether oxygens (including phenoxy) is 1. The van der Waals surface area contributed by atoms with Crippen molar-refractivity contribution >= 4 is 33.0 Å². The third-order valence-electron chi connectivity index (χ3n) is 7.62. The van der Waals surface area contributed by atoms with E-state index in [2.05, 4.69) is 4.72 Å². The van der Waals surface area contributed by atoms with E-state index in [9.17, 15) is 17.6 Å². The topological polar surface area (TPSA) is 92.7 Å². The van der Waals surface area contributed by atoms with E-state index in [1.54, 1.807) is 6.07 Å². The van der Waals surface area contributed by atoms with Crippen LogP contribution in [-0.4, -0.2) is 26.6 Å². The molecule has 0 aliphatic heterocycles. The van der Waals surface area contributed by atoms with Crippen LogP contribution in [0.1, 0.15) is 91.8 Å². The Morgan fingerprint density at radius 1 is 1.00 bits per heavy atom. The van der Waals surface area contributed by atoms with Crippen molar-refractivity contribution < 1.29 is 27.4 Å². The van der Waals surface area contributed by atoms with Gasteiger partial charge in [-0.25, -0.2) is 17.6 Å². The van der Waals surface area contributed by atoms with Gasteiger partial charge in [-0.15, -0.1) is 11.3 Å². The van der Waals surface area contributed by atoms with E-state index in [4.69, 9.17) is 9.84 Å². The van der Waals surface area contributed by atoms with Crippen LogP contribution in [-0.2, 0) is 10.0 Å². The first-order valence-electron chi connectivity index (χ1n) is 12.5. The van der Waals surface area contributed by atoms with Gasteiger partial charge in [0.25, 0.3) is 10.0 Å². The molecule has 2 fully saturated rings. The average Bonchev–Trinajstić information content (AvgIpc) is 3.30. The van der Waals surface area contributed by atoms with E-state index in [0.29, 0.717) is 5.92 Å². The highest BCUT2D eigenvalue weighted by Gasteiger charge is 2.30. The number of carboxylic acid groups (broad SMARTS) is 1. The summed E-state index contributed by atoms with van der Waals surface area (Å²) in [7, 11) is -2.70. The molecule has 1 aromatic heterocycles. The number of nitrogens with one attached hydrogen (secondary N) is 1. The summed E-state index contributed by atoms with van der Waals surface area (Å²) in [6, 6.07) is 5.30. The highest BCUT2D eigenvalue weighted by Crippen LogP contribution is 2.44. The van der Waals surface area contributed by atoms with Gasteiger partial charge in [0.15, 0.2) is 0 Å². The van der Waals surface area contributed by atoms with Gasteiger partial charge in [-0.1, -0.05) is 44.9 Å². The fraction of sp³-hybridized carbons (Fsp3) is 0.577. The van der Waals surface area contributed by atoms with Crippen LogP contribution in [0.25, 0.3) is 0 Å². The first kappa shape index (κ1) is 25.9. The maximum Gasteiger partial charge on any atom is 0.338 e. The molecule has 0 bridgehead atoms. The highest BCUT2D eigenvalue weighted by atomic mass is 32.2. The second-order valence-corrected chi connectivity index (χ2v) is 12.8. The first-order valence-corrected chi connectivity index (χ1v) is 14.8. The van der Waals surface area contributed by atoms with E-state index >= 15 is 0 Å². The number of methoxy groups -OCH3 is 1. The summed E-state index contributed by atoms with van der Waals surface area (Å²) in [5.41, 5.74) is -0.720. The normalized spacial score (nSPS) is 22.2. The maximum absolute atomic E-state index is 14.2. The molecule has 35 heavy (non-hydrogen) atoms.